The minimum Gasteiger partial charge on any atom is -0.330 e. The van der Waals surface area contributed by atoms with Crippen molar-refractivity contribution in [3.05, 3.63) is 12.2 Å². The van der Waals surface area contributed by atoms with Crippen molar-refractivity contribution in [2.75, 3.05) is 39.3 Å². The molecule has 0 saturated carbocycles. The fourth-order valence-corrected chi connectivity index (χ4v) is 3.27. The third-order valence-corrected chi connectivity index (χ3v) is 4.74. The Morgan fingerprint density at radius 3 is 2.13 bits per heavy atom. The lowest BCUT2D eigenvalue weighted by Gasteiger charge is -2.22. The van der Waals surface area contributed by atoms with E-state index >= 15 is 0 Å². The topological polar surface area (TPSA) is 41.3 Å². The molecule has 0 saturated heterocycles. The first-order chi connectivity index (χ1) is 11.4. The molecule has 3 N–H and O–H groups in total. The average Bonchev–Trinajstić information content (AvgIpc) is 2.57. The monoisotopic (exact) mass is 323 g/mol. The quantitative estimate of drug-likeness (QED) is 0.548. The van der Waals surface area contributed by atoms with Crippen LogP contribution >= 0.6 is 0 Å². The van der Waals surface area contributed by atoms with Crippen LogP contribution in [0.2, 0.25) is 0 Å². The Morgan fingerprint density at radius 2 is 1.35 bits per heavy atom. The highest BCUT2D eigenvalue weighted by Crippen LogP contribution is 2.11. The second kappa shape index (κ2) is 16.5. The van der Waals surface area contributed by atoms with E-state index in [1.54, 1.807) is 0 Å². The molecule has 136 valence electrons. The van der Waals surface area contributed by atoms with Gasteiger partial charge < -0.3 is 16.0 Å². The van der Waals surface area contributed by atoms with Gasteiger partial charge in [0, 0.05) is 0 Å². The minimum absolute atomic E-state index is 0.798. The summed E-state index contributed by atoms with van der Waals surface area (Å²) < 4.78 is 0. The maximum atomic E-state index is 5.52. The number of allylic oxidation sites excluding steroid dienone is 2. The average molecular weight is 324 g/mol. The molecule has 3 heteroatoms. The SMILES string of the molecule is NCCCNCCCN1CCC/C=C\CCCCCCCCC1. The number of nitrogens with one attached hydrogen (secondary N) is 1. The minimum atomic E-state index is 0.798. The molecule has 0 aromatic carbocycles. The van der Waals surface area contributed by atoms with Crippen LogP contribution in [-0.4, -0.2) is 44.2 Å². The summed E-state index contributed by atoms with van der Waals surface area (Å²) in [5, 5.41) is 3.50. The molecule has 0 amide bonds. The van der Waals surface area contributed by atoms with Crippen molar-refractivity contribution in [2.45, 2.75) is 77.0 Å². The Bertz CT molecular complexity index is 266. The van der Waals surface area contributed by atoms with Crippen molar-refractivity contribution in [2.24, 2.45) is 5.73 Å². The number of hydrogen-bond acceptors (Lipinski definition) is 3. The van der Waals surface area contributed by atoms with Gasteiger partial charge in [0.15, 0.2) is 0 Å². The van der Waals surface area contributed by atoms with Crippen LogP contribution in [0.1, 0.15) is 77.0 Å². The van der Waals surface area contributed by atoms with Crippen molar-refractivity contribution >= 4 is 0 Å². The maximum absolute atomic E-state index is 5.52. The Balaban J connectivity index is 2.19. The van der Waals surface area contributed by atoms with E-state index in [1.165, 1.54) is 90.3 Å². The molecule has 1 heterocycles. The fraction of sp³-hybridized carbons (Fsp3) is 0.900. The van der Waals surface area contributed by atoms with Gasteiger partial charge in [-0.05, 0) is 84.2 Å². The third-order valence-electron chi connectivity index (χ3n) is 4.74. The molecule has 0 aromatic heterocycles. The van der Waals surface area contributed by atoms with E-state index in [-0.39, 0.29) is 0 Å². The molecule has 0 aromatic rings. The summed E-state index contributed by atoms with van der Waals surface area (Å²) in [6, 6.07) is 0. The van der Waals surface area contributed by atoms with Gasteiger partial charge in [0.1, 0.15) is 0 Å². The molecule has 0 atom stereocenters. The summed E-state index contributed by atoms with van der Waals surface area (Å²) in [4.78, 5) is 2.69. The summed E-state index contributed by atoms with van der Waals surface area (Å²) in [5.41, 5.74) is 5.52. The highest BCUT2D eigenvalue weighted by molar-refractivity contribution is 4.81. The van der Waals surface area contributed by atoms with Crippen LogP contribution in [0, 0.1) is 0 Å². The van der Waals surface area contributed by atoms with Gasteiger partial charge in [-0.2, -0.15) is 0 Å². The third kappa shape index (κ3) is 13.7. The van der Waals surface area contributed by atoms with Crippen molar-refractivity contribution in [3.8, 4) is 0 Å². The second-order valence-corrected chi connectivity index (χ2v) is 6.96. The largest absolute Gasteiger partial charge is 0.330 e. The number of rotatable bonds is 7. The molecule has 0 spiro atoms. The number of hydrogen-bond donors (Lipinski definition) is 2. The molecule has 1 aliphatic rings. The Hall–Kier alpha value is -0.380. The lowest BCUT2D eigenvalue weighted by molar-refractivity contribution is 0.260. The van der Waals surface area contributed by atoms with E-state index in [1.807, 2.05) is 0 Å². The second-order valence-electron chi connectivity index (χ2n) is 6.96. The summed E-state index contributed by atoms with van der Waals surface area (Å²) in [7, 11) is 0. The van der Waals surface area contributed by atoms with Crippen LogP contribution in [-0.2, 0) is 0 Å². The molecular weight excluding hydrogens is 282 g/mol. The summed E-state index contributed by atoms with van der Waals surface area (Å²) in [5.74, 6) is 0. The number of nitrogens with zero attached hydrogens (tertiary/aromatic N) is 1. The zero-order valence-corrected chi connectivity index (χ0v) is 15.4. The van der Waals surface area contributed by atoms with Gasteiger partial charge in [-0.1, -0.05) is 44.3 Å². The molecule has 3 nitrogen and oxygen atoms in total. The van der Waals surface area contributed by atoms with Crippen molar-refractivity contribution < 1.29 is 0 Å². The van der Waals surface area contributed by atoms with Gasteiger partial charge in [0.2, 0.25) is 0 Å². The summed E-state index contributed by atoms with van der Waals surface area (Å²) in [6.07, 6.45) is 21.0. The first-order valence-electron chi connectivity index (χ1n) is 10.2. The molecule has 23 heavy (non-hydrogen) atoms. The Morgan fingerprint density at radius 1 is 0.739 bits per heavy atom. The zero-order valence-electron chi connectivity index (χ0n) is 15.4. The van der Waals surface area contributed by atoms with E-state index < -0.39 is 0 Å². The van der Waals surface area contributed by atoms with Gasteiger partial charge in [-0.3, -0.25) is 0 Å². The number of nitrogens with two attached hydrogens (primary N) is 1. The van der Waals surface area contributed by atoms with Gasteiger partial charge in [-0.15, -0.1) is 0 Å². The molecule has 0 radical (unpaired) electrons. The highest BCUT2D eigenvalue weighted by Gasteiger charge is 2.04. The van der Waals surface area contributed by atoms with E-state index in [0.717, 1.165) is 26.1 Å². The molecule has 0 bridgehead atoms. The summed E-state index contributed by atoms with van der Waals surface area (Å²) >= 11 is 0. The summed E-state index contributed by atoms with van der Waals surface area (Å²) in [6.45, 7) is 6.82. The van der Waals surface area contributed by atoms with E-state index in [2.05, 4.69) is 22.4 Å². The fourth-order valence-electron chi connectivity index (χ4n) is 3.27. The molecule has 0 aliphatic carbocycles. The van der Waals surface area contributed by atoms with Gasteiger partial charge >= 0.3 is 0 Å². The molecule has 1 aliphatic heterocycles. The van der Waals surface area contributed by atoms with Gasteiger partial charge in [0.25, 0.3) is 0 Å². The standard InChI is InChI=1S/C20H41N3/c21-15-13-16-22-17-14-20-23-18-11-9-7-5-3-1-2-4-6-8-10-12-19-23/h5,7,22H,1-4,6,8-21H2/b7-5-. The predicted octanol–water partition coefficient (Wildman–Crippen LogP) is 4.09. The van der Waals surface area contributed by atoms with Crippen molar-refractivity contribution in [3.63, 3.8) is 0 Å². The smallest absolute Gasteiger partial charge is 0.000664 e. The Labute approximate surface area is 145 Å². The predicted molar refractivity (Wildman–Crippen MR) is 103 cm³/mol. The van der Waals surface area contributed by atoms with Crippen LogP contribution < -0.4 is 11.1 Å². The van der Waals surface area contributed by atoms with Crippen molar-refractivity contribution in [1.29, 1.82) is 0 Å². The zero-order chi connectivity index (χ0) is 16.4. The molecular formula is C20H41N3. The first kappa shape index (κ1) is 20.7. The van der Waals surface area contributed by atoms with Crippen LogP contribution in [0.15, 0.2) is 12.2 Å². The normalized spacial score (nSPS) is 21.4. The van der Waals surface area contributed by atoms with Gasteiger partial charge in [-0.25, -0.2) is 0 Å². The van der Waals surface area contributed by atoms with Crippen LogP contribution in [0.25, 0.3) is 0 Å². The van der Waals surface area contributed by atoms with Crippen molar-refractivity contribution in [1.82, 2.24) is 10.2 Å². The lowest BCUT2D eigenvalue weighted by Crippen LogP contribution is -2.30. The van der Waals surface area contributed by atoms with E-state index in [9.17, 15) is 0 Å². The van der Waals surface area contributed by atoms with E-state index in [0.29, 0.717) is 0 Å². The molecule has 0 fully saturated rings. The van der Waals surface area contributed by atoms with E-state index in [4.69, 9.17) is 5.73 Å². The molecule has 1 rings (SSSR count). The molecule has 0 unspecified atom stereocenters. The highest BCUT2D eigenvalue weighted by atomic mass is 15.1. The van der Waals surface area contributed by atoms with Crippen LogP contribution in [0.5, 0.6) is 0 Å². The van der Waals surface area contributed by atoms with Crippen LogP contribution in [0.4, 0.5) is 0 Å². The maximum Gasteiger partial charge on any atom is -0.000664 e. The first-order valence-corrected chi connectivity index (χ1v) is 10.2. The van der Waals surface area contributed by atoms with Crippen LogP contribution in [0.3, 0.4) is 0 Å². The Kier molecular flexibility index (Phi) is 14.8. The lowest BCUT2D eigenvalue weighted by atomic mass is 10.1. The van der Waals surface area contributed by atoms with Gasteiger partial charge in [0.05, 0.1) is 0 Å².